The van der Waals surface area contributed by atoms with Crippen LogP contribution in [0.5, 0.6) is 0 Å². The van der Waals surface area contributed by atoms with Gasteiger partial charge in [-0.3, -0.25) is 9.59 Å². The number of para-hydroxylation sites is 1. The maximum absolute atomic E-state index is 13.9. The molecule has 0 saturated carbocycles. The Bertz CT molecular complexity index is 1250. The van der Waals surface area contributed by atoms with Gasteiger partial charge in [0.15, 0.2) is 0 Å². The number of carboxylic acid groups (broad SMARTS) is 1. The lowest BCUT2D eigenvalue weighted by molar-refractivity contribution is -0.254. The number of rotatable bonds is 2. The highest BCUT2D eigenvalue weighted by molar-refractivity contribution is 9.10. The van der Waals surface area contributed by atoms with Crippen molar-refractivity contribution in [1.29, 1.82) is 0 Å². The summed E-state index contributed by atoms with van der Waals surface area (Å²) < 4.78 is -1.84. The quantitative estimate of drug-likeness (QED) is 0.361. The van der Waals surface area contributed by atoms with Crippen LogP contribution in [0.15, 0.2) is 72.8 Å². The standard InChI is InChI=1S/C25H15Br2NO4/c26-24-14-8-2-3-9-15(14)25(27,17-11-5-4-10-16(17)24)20-19(24)21(29)28(22(20)30)18-12-6-1-7-13(18)23(31)32/h1-12,19-20H,(H,31,32)/p-1/t19-,20-,24?,25?/m0/s1. The van der Waals surface area contributed by atoms with Crippen molar-refractivity contribution in [2.24, 2.45) is 11.8 Å². The molecule has 4 aliphatic rings. The average Bonchev–Trinajstić information content (AvgIpc) is 3.08. The molecular formula is C25H14Br2NO4-. The van der Waals surface area contributed by atoms with Gasteiger partial charge in [0.1, 0.15) is 0 Å². The van der Waals surface area contributed by atoms with Crippen molar-refractivity contribution in [1.82, 2.24) is 0 Å². The largest absolute Gasteiger partial charge is 0.545 e. The van der Waals surface area contributed by atoms with Crippen molar-refractivity contribution in [3.63, 3.8) is 0 Å². The molecule has 7 rings (SSSR count). The Balaban J connectivity index is 1.66. The van der Waals surface area contributed by atoms with E-state index in [-0.39, 0.29) is 11.3 Å². The third-order valence-corrected chi connectivity index (χ3v) is 9.65. The molecule has 0 spiro atoms. The highest BCUT2D eigenvalue weighted by atomic mass is 79.9. The lowest BCUT2D eigenvalue weighted by Crippen LogP contribution is -2.56. The molecule has 1 fully saturated rings. The zero-order chi connectivity index (χ0) is 22.4. The summed E-state index contributed by atoms with van der Waals surface area (Å²) in [6, 6.07) is 21.5. The van der Waals surface area contributed by atoms with Crippen LogP contribution in [0.2, 0.25) is 0 Å². The summed E-state index contributed by atoms with van der Waals surface area (Å²) >= 11 is 7.86. The number of hydrogen-bond acceptors (Lipinski definition) is 4. The fraction of sp³-hybridized carbons (Fsp3) is 0.160. The first-order valence-electron chi connectivity index (χ1n) is 10.1. The molecule has 3 aromatic rings. The number of anilines is 1. The number of aromatic carboxylic acids is 1. The minimum absolute atomic E-state index is 0.0385. The van der Waals surface area contributed by atoms with Crippen LogP contribution in [-0.2, 0) is 18.2 Å². The molecule has 0 unspecified atom stereocenters. The predicted octanol–water partition coefficient (Wildman–Crippen LogP) is 3.46. The molecule has 3 aromatic carbocycles. The molecular weight excluding hydrogens is 538 g/mol. The molecule has 2 amide bonds. The summed E-state index contributed by atoms with van der Waals surface area (Å²) in [5, 5.41) is 11.8. The van der Waals surface area contributed by atoms with Crippen molar-refractivity contribution >= 4 is 55.3 Å². The normalized spacial score (nSPS) is 29.5. The third kappa shape index (κ3) is 2.11. The molecule has 1 saturated heterocycles. The van der Waals surface area contributed by atoms with E-state index in [0.29, 0.717) is 0 Å². The number of carbonyl (C=O) groups is 3. The molecule has 1 heterocycles. The minimum Gasteiger partial charge on any atom is -0.545 e. The molecule has 2 atom stereocenters. The van der Waals surface area contributed by atoms with Crippen LogP contribution in [0.3, 0.4) is 0 Å². The summed E-state index contributed by atoms with van der Waals surface area (Å²) in [4.78, 5) is 40.6. The SMILES string of the molecule is O=C([O-])c1ccccc1N1C(=O)[C@@H]2[C@@H](C1=O)C1(Br)c3ccccc3C2(Br)c2ccccc21. The van der Waals surface area contributed by atoms with Gasteiger partial charge in [0.2, 0.25) is 11.8 Å². The van der Waals surface area contributed by atoms with Crippen LogP contribution >= 0.6 is 31.9 Å². The van der Waals surface area contributed by atoms with Crippen molar-refractivity contribution in [2.45, 2.75) is 8.65 Å². The predicted molar refractivity (Wildman–Crippen MR) is 123 cm³/mol. The van der Waals surface area contributed by atoms with Crippen molar-refractivity contribution in [3.05, 3.63) is 101 Å². The van der Waals surface area contributed by atoms with Crippen LogP contribution in [0.25, 0.3) is 0 Å². The molecule has 0 N–H and O–H groups in total. The van der Waals surface area contributed by atoms with Crippen LogP contribution in [0.4, 0.5) is 5.69 Å². The lowest BCUT2D eigenvalue weighted by atomic mass is 9.54. The Kier molecular flexibility index (Phi) is 3.97. The Labute approximate surface area is 200 Å². The van der Waals surface area contributed by atoms with Gasteiger partial charge in [-0.2, -0.15) is 0 Å². The molecule has 1 aliphatic heterocycles. The van der Waals surface area contributed by atoms with Crippen molar-refractivity contribution < 1.29 is 19.5 Å². The Morgan fingerprint density at radius 2 is 1.09 bits per heavy atom. The number of halogens is 2. The first kappa shape index (κ1) is 19.9. The summed E-state index contributed by atoms with van der Waals surface area (Å²) in [5.41, 5.74) is 3.54. The van der Waals surface area contributed by atoms with E-state index in [9.17, 15) is 19.5 Å². The van der Waals surface area contributed by atoms with Crippen molar-refractivity contribution in [2.75, 3.05) is 4.90 Å². The van der Waals surface area contributed by atoms with E-state index in [1.807, 2.05) is 48.5 Å². The topological polar surface area (TPSA) is 77.5 Å². The summed E-state index contributed by atoms with van der Waals surface area (Å²) in [7, 11) is 0. The van der Waals surface area contributed by atoms with Gasteiger partial charge in [0.05, 0.1) is 32.1 Å². The van der Waals surface area contributed by atoms with Gasteiger partial charge in [0, 0.05) is 5.56 Å². The number of nitrogens with zero attached hydrogens (tertiary/aromatic N) is 1. The van der Waals surface area contributed by atoms with Gasteiger partial charge >= 0.3 is 0 Å². The second-order valence-electron chi connectivity index (χ2n) is 8.29. The Hall–Kier alpha value is -2.77. The van der Waals surface area contributed by atoms with Gasteiger partial charge in [-0.15, -0.1) is 0 Å². The second-order valence-corrected chi connectivity index (χ2v) is 10.8. The molecule has 5 nitrogen and oxygen atoms in total. The van der Waals surface area contributed by atoms with E-state index in [4.69, 9.17) is 0 Å². The van der Waals surface area contributed by atoms with E-state index in [2.05, 4.69) is 31.9 Å². The van der Waals surface area contributed by atoms with Crippen LogP contribution in [0, 0.1) is 11.8 Å². The maximum Gasteiger partial charge on any atom is 0.239 e. The van der Waals surface area contributed by atoms with Gasteiger partial charge < -0.3 is 9.90 Å². The van der Waals surface area contributed by atoms with Crippen LogP contribution in [0.1, 0.15) is 32.6 Å². The molecule has 0 radical (unpaired) electrons. The van der Waals surface area contributed by atoms with Gasteiger partial charge in [-0.1, -0.05) is 98.6 Å². The zero-order valence-corrected chi connectivity index (χ0v) is 19.6. The van der Waals surface area contributed by atoms with Crippen LogP contribution in [-0.4, -0.2) is 17.8 Å². The van der Waals surface area contributed by atoms with E-state index < -0.39 is 38.3 Å². The smallest absolute Gasteiger partial charge is 0.239 e. The number of imide groups is 1. The lowest BCUT2D eigenvalue weighted by Gasteiger charge is -2.55. The number of carbonyl (C=O) groups excluding carboxylic acids is 3. The number of alkyl halides is 2. The number of hydrogen-bond donors (Lipinski definition) is 0. The second kappa shape index (κ2) is 6.39. The number of amides is 2. The molecule has 32 heavy (non-hydrogen) atoms. The number of benzene rings is 3. The highest BCUT2D eigenvalue weighted by Crippen LogP contribution is 2.70. The van der Waals surface area contributed by atoms with Gasteiger partial charge in [-0.25, -0.2) is 4.90 Å². The summed E-state index contributed by atoms with van der Waals surface area (Å²) in [6.07, 6.45) is 0. The van der Waals surface area contributed by atoms with E-state index in [0.717, 1.165) is 27.2 Å². The molecule has 158 valence electrons. The fourth-order valence-electron chi connectivity index (χ4n) is 5.75. The monoisotopic (exact) mass is 550 g/mol. The zero-order valence-electron chi connectivity index (χ0n) is 16.4. The van der Waals surface area contributed by atoms with E-state index in [1.165, 1.54) is 12.1 Å². The summed E-state index contributed by atoms with van der Waals surface area (Å²) in [5.74, 6) is -3.81. The molecule has 7 heteroatoms. The fourth-order valence-corrected chi connectivity index (χ4v) is 8.05. The highest BCUT2D eigenvalue weighted by Gasteiger charge is 2.72. The van der Waals surface area contributed by atoms with Gasteiger partial charge in [-0.05, 0) is 28.3 Å². The molecule has 2 bridgehead atoms. The first-order chi connectivity index (χ1) is 15.3. The Morgan fingerprint density at radius 3 is 1.50 bits per heavy atom. The van der Waals surface area contributed by atoms with E-state index >= 15 is 0 Å². The Morgan fingerprint density at radius 1 is 0.719 bits per heavy atom. The third-order valence-electron chi connectivity index (χ3n) is 6.95. The number of carboxylic acids is 1. The molecule has 3 aliphatic carbocycles. The molecule has 0 aromatic heterocycles. The minimum atomic E-state index is -1.44. The summed E-state index contributed by atoms with van der Waals surface area (Å²) in [6.45, 7) is 0. The average molecular weight is 552 g/mol. The maximum atomic E-state index is 13.9. The van der Waals surface area contributed by atoms with Crippen LogP contribution < -0.4 is 10.0 Å². The van der Waals surface area contributed by atoms with Gasteiger partial charge in [0.25, 0.3) is 0 Å². The van der Waals surface area contributed by atoms with E-state index in [1.54, 1.807) is 12.1 Å². The first-order valence-corrected chi connectivity index (χ1v) is 11.7. The van der Waals surface area contributed by atoms with Crippen molar-refractivity contribution in [3.8, 4) is 0 Å².